The number of benzene rings is 1. The van der Waals surface area contributed by atoms with Crippen molar-refractivity contribution in [3.8, 4) is 28.7 Å². The highest BCUT2D eigenvalue weighted by Gasteiger charge is 2.31. The third-order valence-electron chi connectivity index (χ3n) is 3.22. The number of esters is 1. The molecule has 134 valence electrons. The van der Waals surface area contributed by atoms with E-state index in [0.717, 1.165) is 6.08 Å². The number of carbonyl (C=O) groups is 1. The summed E-state index contributed by atoms with van der Waals surface area (Å²) in [4.78, 5) is 11.6. The van der Waals surface area contributed by atoms with Gasteiger partial charge in [-0.2, -0.15) is 0 Å². The average Bonchev–Trinajstić information content (AvgIpc) is 2.62. The van der Waals surface area contributed by atoms with E-state index >= 15 is 0 Å². The molecule has 0 aliphatic rings. The molecule has 0 saturated heterocycles. The molecule has 1 aromatic carbocycles. The van der Waals surface area contributed by atoms with Crippen LogP contribution in [0, 0.1) is 0 Å². The van der Waals surface area contributed by atoms with Crippen LogP contribution in [0.4, 0.5) is 0 Å². The summed E-state index contributed by atoms with van der Waals surface area (Å²) in [6.07, 6.45) is 1.16. The van der Waals surface area contributed by atoms with Crippen LogP contribution in [0.3, 0.4) is 0 Å². The molecule has 0 amide bonds. The van der Waals surface area contributed by atoms with Crippen LogP contribution in [0.25, 0.3) is 5.76 Å². The van der Waals surface area contributed by atoms with Gasteiger partial charge >= 0.3 is 5.97 Å². The lowest BCUT2D eigenvalue weighted by atomic mass is 10.1. The Morgan fingerprint density at radius 1 is 0.625 bits per heavy atom. The molecule has 8 nitrogen and oxygen atoms in total. The van der Waals surface area contributed by atoms with Crippen molar-refractivity contribution in [3.63, 3.8) is 0 Å². The van der Waals surface area contributed by atoms with E-state index in [9.17, 15) is 4.79 Å². The van der Waals surface area contributed by atoms with Gasteiger partial charge in [-0.25, -0.2) is 4.79 Å². The van der Waals surface area contributed by atoms with Gasteiger partial charge in [0.2, 0.25) is 17.2 Å². The number of rotatable bonds is 8. The standard InChI is InChI=1S/C16H22O8/c1-18-9(8-10(17)19-2)11-12(20-3)14(22-5)16(24-7)15(23-6)13(11)21-4/h8H,1-7H3/b9-8+. The number of hydrogen-bond donors (Lipinski definition) is 0. The van der Waals surface area contributed by atoms with E-state index in [-0.39, 0.29) is 34.5 Å². The van der Waals surface area contributed by atoms with Gasteiger partial charge in [0.25, 0.3) is 0 Å². The Morgan fingerprint density at radius 2 is 1.00 bits per heavy atom. The molecule has 0 aliphatic heterocycles. The van der Waals surface area contributed by atoms with Crippen LogP contribution in [-0.4, -0.2) is 55.7 Å². The second-order valence-corrected chi connectivity index (χ2v) is 4.28. The molecule has 24 heavy (non-hydrogen) atoms. The Morgan fingerprint density at radius 3 is 1.29 bits per heavy atom. The fraction of sp³-hybridized carbons (Fsp3) is 0.438. The van der Waals surface area contributed by atoms with E-state index in [1.54, 1.807) is 0 Å². The summed E-state index contributed by atoms with van der Waals surface area (Å²) in [7, 11) is 9.91. The van der Waals surface area contributed by atoms with Crippen LogP contribution in [0.5, 0.6) is 28.7 Å². The fourth-order valence-corrected chi connectivity index (χ4v) is 2.21. The summed E-state index contributed by atoms with van der Waals surface area (Å²) >= 11 is 0. The lowest BCUT2D eigenvalue weighted by molar-refractivity contribution is -0.134. The molecular formula is C16H22O8. The second kappa shape index (κ2) is 8.76. The van der Waals surface area contributed by atoms with Crippen molar-refractivity contribution >= 4 is 11.7 Å². The summed E-state index contributed by atoms with van der Waals surface area (Å²) in [5.41, 5.74) is 0.322. The minimum absolute atomic E-state index is 0.148. The van der Waals surface area contributed by atoms with Crippen LogP contribution < -0.4 is 23.7 Å². The third-order valence-corrected chi connectivity index (χ3v) is 3.22. The Balaban J connectivity index is 3.92. The molecule has 0 heterocycles. The van der Waals surface area contributed by atoms with Gasteiger partial charge in [-0.15, -0.1) is 0 Å². The summed E-state index contributed by atoms with van der Waals surface area (Å²) in [5, 5.41) is 0. The number of methoxy groups -OCH3 is 7. The summed E-state index contributed by atoms with van der Waals surface area (Å²) in [6.45, 7) is 0. The van der Waals surface area contributed by atoms with E-state index in [1.807, 2.05) is 0 Å². The predicted molar refractivity (Wildman–Crippen MR) is 86.2 cm³/mol. The fourth-order valence-electron chi connectivity index (χ4n) is 2.21. The zero-order chi connectivity index (χ0) is 18.3. The summed E-state index contributed by atoms with van der Waals surface area (Å²) < 4.78 is 36.9. The molecule has 0 radical (unpaired) electrons. The lowest BCUT2D eigenvalue weighted by Gasteiger charge is -2.22. The van der Waals surface area contributed by atoms with Crippen molar-refractivity contribution in [2.75, 3.05) is 49.8 Å². The normalized spacial score (nSPS) is 10.7. The highest BCUT2D eigenvalue weighted by molar-refractivity contribution is 5.93. The van der Waals surface area contributed by atoms with Crippen molar-refractivity contribution in [1.82, 2.24) is 0 Å². The van der Waals surface area contributed by atoms with Crippen LogP contribution in [-0.2, 0) is 14.3 Å². The second-order valence-electron chi connectivity index (χ2n) is 4.28. The van der Waals surface area contributed by atoms with E-state index in [4.69, 9.17) is 28.4 Å². The molecule has 0 atom stereocenters. The molecule has 0 spiro atoms. The van der Waals surface area contributed by atoms with Crippen molar-refractivity contribution in [3.05, 3.63) is 11.6 Å². The van der Waals surface area contributed by atoms with Crippen LogP contribution >= 0.6 is 0 Å². The SMILES string of the molecule is COC(=O)/C=C(/OC)c1c(OC)c(OC)c(OC)c(OC)c1OC. The summed E-state index contributed by atoms with van der Waals surface area (Å²) in [6, 6.07) is 0. The maximum Gasteiger partial charge on any atom is 0.334 e. The highest BCUT2D eigenvalue weighted by atomic mass is 16.6. The quantitative estimate of drug-likeness (QED) is 0.402. The molecule has 8 heteroatoms. The molecule has 0 N–H and O–H groups in total. The maximum absolute atomic E-state index is 11.6. The number of carbonyl (C=O) groups excluding carboxylic acids is 1. The monoisotopic (exact) mass is 342 g/mol. The molecule has 0 saturated carbocycles. The predicted octanol–water partition coefficient (Wildman–Crippen LogP) is 1.89. The van der Waals surface area contributed by atoms with Gasteiger partial charge in [0.15, 0.2) is 11.5 Å². The molecular weight excluding hydrogens is 320 g/mol. The molecule has 0 aromatic heterocycles. The minimum atomic E-state index is -0.607. The van der Waals surface area contributed by atoms with Gasteiger partial charge in [0.05, 0.1) is 55.8 Å². The Labute approximate surface area is 140 Å². The van der Waals surface area contributed by atoms with E-state index < -0.39 is 5.97 Å². The number of ether oxygens (including phenoxy) is 7. The zero-order valence-corrected chi connectivity index (χ0v) is 14.8. The van der Waals surface area contributed by atoms with Crippen molar-refractivity contribution < 1.29 is 38.0 Å². The zero-order valence-electron chi connectivity index (χ0n) is 14.8. The topological polar surface area (TPSA) is 81.7 Å². The van der Waals surface area contributed by atoms with Crippen molar-refractivity contribution in [1.29, 1.82) is 0 Å². The molecule has 1 rings (SSSR count). The Kier molecular flexibility index (Phi) is 7.03. The Bertz CT molecular complexity index is 588. The first-order chi connectivity index (χ1) is 11.5. The molecule has 1 aromatic rings. The van der Waals surface area contributed by atoms with Crippen LogP contribution in [0.15, 0.2) is 6.08 Å². The summed E-state index contributed by atoms with van der Waals surface area (Å²) in [5.74, 6) is 0.861. The Hall–Kier alpha value is -2.77. The van der Waals surface area contributed by atoms with E-state index in [1.165, 1.54) is 49.8 Å². The lowest BCUT2D eigenvalue weighted by Crippen LogP contribution is -2.07. The maximum atomic E-state index is 11.6. The minimum Gasteiger partial charge on any atom is -0.496 e. The van der Waals surface area contributed by atoms with Gasteiger partial charge in [-0.3, -0.25) is 0 Å². The van der Waals surface area contributed by atoms with Crippen molar-refractivity contribution in [2.24, 2.45) is 0 Å². The van der Waals surface area contributed by atoms with Gasteiger partial charge in [0, 0.05) is 0 Å². The van der Waals surface area contributed by atoms with Gasteiger partial charge in [-0.05, 0) is 0 Å². The largest absolute Gasteiger partial charge is 0.496 e. The first-order valence-electron chi connectivity index (χ1n) is 6.82. The highest BCUT2D eigenvalue weighted by Crippen LogP contribution is 2.55. The first-order valence-corrected chi connectivity index (χ1v) is 6.82. The molecule has 0 bridgehead atoms. The van der Waals surface area contributed by atoms with E-state index in [0.29, 0.717) is 5.56 Å². The van der Waals surface area contributed by atoms with Gasteiger partial charge in [0.1, 0.15) is 11.3 Å². The smallest absolute Gasteiger partial charge is 0.334 e. The third kappa shape index (κ3) is 3.42. The average molecular weight is 342 g/mol. The van der Waals surface area contributed by atoms with Crippen molar-refractivity contribution in [2.45, 2.75) is 0 Å². The molecule has 0 unspecified atom stereocenters. The van der Waals surface area contributed by atoms with Crippen LogP contribution in [0.1, 0.15) is 5.56 Å². The van der Waals surface area contributed by atoms with Crippen LogP contribution in [0.2, 0.25) is 0 Å². The first kappa shape index (κ1) is 19.3. The number of hydrogen-bond acceptors (Lipinski definition) is 8. The molecule has 0 fully saturated rings. The van der Waals surface area contributed by atoms with E-state index in [2.05, 4.69) is 4.74 Å². The van der Waals surface area contributed by atoms with Gasteiger partial charge in [-0.1, -0.05) is 0 Å². The van der Waals surface area contributed by atoms with Gasteiger partial charge < -0.3 is 33.2 Å². The molecule has 0 aliphatic carbocycles.